The molecule has 1 aromatic heterocycles. The van der Waals surface area contributed by atoms with Crippen LogP contribution in [-0.2, 0) is 10.0 Å². The fraction of sp³-hybridized carbons (Fsp3) is 0.318. The van der Waals surface area contributed by atoms with Crippen LogP contribution in [-0.4, -0.2) is 27.5 Å². The zero-order valence-electron chi connectivity index (χ0n) is 17.0. The highest BCUT2D eigenvalue weighted by molar-refractivity contribution is 7.89. The van der Waals surface area contributed by atoms with Gasteiger partial charge in [0, 0.05) is 21.8 Å². The van der Waals surface area contributed by atoms with Crippen LogP contribution in [0.25, 0.3) is 10.1 Å². The first-order chi connectivity index (χ1) is 14.9. The number of ether oxygens (including phenoxy) is 1. The highest BCUT2D eigenvalue weighted by Crippen LogP contribution is 2.37. The minimum Gasteiger partial charge on any atom is -0.497 e. The number of anilines is 1. The van der Waals surface area contributed by atoms with Gasteiger partial charge in [0.05, 0.1) is 17.0 Å². The Bertz CT molecular complexity index is 1200. The van der Waals surface area contributed by atoms with Gasteiger partial charge in [0.2, 0.25) is 10.0 Å². The summed E-state index contributed by atoms with van der Waals surface area (Å²) in [4.78, 5) is 13.3. The Balaban J connectivity index is 1.48. The summed E-state index contributed by atoms with van der Waals surface area (Å²) < 4.78 is 34.1. The highest BCUT2D eigenvalue weighted by atomic mass is 35.5. The van der Waals surface area contributed by atoms with E-state index in [4.69, 9.17) is 16.3 Å². The fourth-order valence-electron chi connectivity index (χ4n) is 3.73. The van der Waals surface area contributed by atoms with Crippen molar-refractivity contribution in [1.82, 2.24) is 4.72 Å². The molecular formula is C22H23ClN2O4S2. The first-order valence-corrected chi connectivity index (χ1v) is 12.7. The van der Waals surface area contributed by atoms with E-state index in [-0.39, 0.29) is 16.8 Å². The number of thiophene rings is 1. The lowest BCUT2D eigenvalue weighted by Gasteiger charge is -2.22. The minimum absolute atomic E-state index is 0.00754. The summed E-state index contributed by atoms with van der Waals surface area (Å²) in [7, 11) is -2.00. The van der Waals surface area contributed by atoms with Crippen LogP contribution in [0.2, 0.25) is 5.02 Å². The average Bonchev–Trinajstić information content (AvgIpc) is 3.10. The Kier molecular flexibility index (Phi) is 6.52. The van der Waals surface area contributed by atoms with Gasteiger partial charge in [0.15, 0.2) is 0 Å². The van der Waals surface area contributed by atoms with Crippen molar-refractivity contribution in [1.29, 1.82) is 0 Å². The van der Waals surface area contributed by atoms with Gasteiger partial charge in [-0.25, -0.2) is 13.1 Å². The molecule has 0 spiro atoms. The van der Waals surface area contributed by atoms with Crippen molar-refractivity contribution in [2.75, 3.05) is 12.4 Å². The molecule has 0 saturated heterocycles. The van der Waals surface area contributed by atoms with Gasteiger partial charge in [0.25, 0.3) is 5.91 Å². The molecule has 6 nitrogen and oxygen atoms in total. The number of benzene rings is 2. The predicted molar refractivity (Wildman–Crippen MR) is 125 cm³/mol. The summed E-state index contributed by atoms with van der Waals surface area (Å²) in [6.45, 7) is 0. The van der Waals surface area contributed by atoms with Crippen LogP contribution in [0.5, 0.6) is 5.75 Å². The Morgan fingerprint density at radius 1 is 1.10 bits per heavy atom. The molecule has 1 amide bonds. The van der Waals surface area contributed by atoms with Gasteiger partial charge >= 0.3 is 0 Å². The number of sulfonamides is 1. The summed E-state index contributed by atoms with van der Waals surface area (Å²) in [5.74, 6) is 0.345. The zero-order chi connectivity index (χ0) is 22.0. The monoisotopic (exact) mass is 478 g/mol. The number of rotatable bonds is 6. The predicted octanol–water partition coefficient (Wildman–Crippen LogP) is 5.43. The zero-order valence-corrected chi connectivity index (χ0v) is 19.4. The van der Waals surface area contributed by atoms with Gasteiger partial charge in [0.1, 0.15) is 10.6 Å². The molecule has 0 bridgehead atoms. The maximum absolute atomic E-state index is 12.8. The molecule has 164 valence electrons. The molecule has 1 fully saturated rings. The Labute approximate surface area is 190 Å². The average molecular weight is 479 g/mol. The van der Waals surface area contributed by atoms with E-state index in [1.165, 1.54) is 23.5 Å². The first-order valence-electron chi connectivity index (χ1n) is 10.1. The molecule has 4 rings (SSSR count). The number of hydrogen-bond acceptors (Lipinski definition) is 5. The van der Waals surface area contributed by atoms with E-state index in [1.807, 2.05) is 12.1 Å². The van der Waals surface area contributed by atoms with Crippen LogP contribution < -0.4 is 14.8 Å². The maximum atomic E-state index is 12.8. The molecule has 0 unspecified atom stereocenters. The lowest BCUT2D eigenvalue weighted by Crippen LogP contribution is -2.36. The lowest BCUT2D eigenvalue weighted by molar-refractivity contribution is 0.103. The summed E-state index contributed by atoms with van der Waals surface area (Å²) in [6.07, 6.45) is 4.99. The second kappa shape index (κ2) is 9.16. The van der Waals surface area contributed by atoms with Gasteiger partial charge in [-0.05, 0) is 55.3 Å². The number of nitrogens with one attached hydrogen (secondary N) is 2. The molecule has 3 aromatic rings. The van der Waals surface area contributed by atoms with Crippen LogP contribution in [0.15, 0.2) is 47.4 Å². The van der Waals surface area contributed by atoms with Gasteiger partial charge in [-0.3, -0.25) is 4.79 Å². The van der Waals surface area contributed by atoms with Gasteiger partial charge in [-0.15, -0.1) is 11.3 Å². The normalized spacial score (nSPS) is 15.2. The van der Waals surface area contributed by atoms with Crippen molar-refractivity contribution >= 4 is 54.6 Å². The second-order valence-corrected chi connectivity index (χ2v) is 10.7. The fourth-order valence-corrected chi connectivity index (χ4v) is 6.48. The van der Waals surface area contributed by atoms with Crippen LogP contribution in [0.1, 0.15) is 41.8 Å². The number of halogens is 1. The van der Waals surface area contributed by atoms with E-state index >= 15 is 0 Å². The van der Waals surface area contributed by atoms with Crippen molar-refractivity contribution in [3.8, 4) is 5.75 Å². The minimum atomic E-state index is -3.58. The van der Waals surface area contributed by atoms with E-state index in [0.29, 0.717) is 21.3 Å². The summed E-state index contributed by atoms with van der Waals surface area (Å²) in [5, 5.41) is 3.96. The van der Waals surface area contributed by atoms with Gasteiger partial charge in [-0.2, -0.15) is 0 Å². The topological polar surface area (TPSA) is 84.5 Å². The van der Waals surface area contributed by atoms with Crippen molar-refractivity contribution in [3.05, 3.63) is 52.4 Å². The van der Waals surface area contributed by atoms with Gasteiger partial charge < -0.3 is 10.1 Å². The highest BCUT2D eigenvalue weighted by Gasteiger charge is 2.22. The summed E-state index contributed by atoms with van der Waals surface area (Å²) in [6, 6.07) is 11.6. The molecule has 2 N–H and O–H groups in total. The van der Waals surface area contributed by atoms with Crippen molar-refractivity contribution in [2.45, 2.75) is 43.0 Å². The lowest BCUT2D eigenvalue weighted by atomic mass is 9.96. The molecule has 1 saturated carbocycles. The van der Waals surface area contributed by atoms with E-state index in [9.17, 15) is 13.2 Å². The Morgan fingerprint density at radius 2 is 1.81 bits per heavy atom. The first kappa shape index (κ1) is 22.1. The Morgan fingerprint density at radius 3 is 2.48 bits per heavy atom. The number of methoxy groups -OCH3 is 1. The molecule has 1 aliphatic carbocycles. The number of amides is 1. The molecule has 1 heterocycles. The molecule has 0 atom stereocenters. The molecule has 31 heavy (non-hydrogen) atoms. The third-order valence-corrected chi connectivity index (χ3v) is 8.58. The van der Waals surface area contributed by atoms with E-state index in [0.717, 1.165) is 42.2 Å². The van der Waals surface area contributed by atoms with Crippen LogP contribution in [0, 0.1) is 0 Å². The molecule has 0 radical (unpaired) electrons. The summed E-state index contributed by atoms with van der Waals surface area (Å²) >= 11 is 7.69. The van der Waals surface area contributed by atoms with E-state index < -0.39 is 10.0 Å². The molecule has 1 aliphatic rings. The second-order valence-electron chi connectivity index (χ2n) is 7.54. The van der Waals surface area contributed by atoms with Crippen molar-refractivity contribution in [2.24, 2.45) is 0 Å². The maximum Gasteiger partial charge on any atom is 0.267 e. The number of carbonyl (C=O) groups excluding carboxylic acids is 1. The van der Waals surface area contributed by atoms with E-state index in [2.05, 4.69) is 10.0 Å². The molecule has 0 aliphatic heterocycles. The third kappa shape index (κ3) is 4.87. The van der Waals surface area contributed by atoms with Crippen LogP contribution >= 0.6 is 22.9 Å². The largest absolute Gasteiger partial charge is 0.497 e. The molecule has 2 aromatic carbocycles. The molecule has 9 heteroatoms. The SMILES string of the molecule is COc1ccc2c(Cl)c(C(=O)Nc3ccc(S(=O)(=O)NC4CCCCC4)cc3)sc2c1. The number of carbonyl (C=O) groups is 1. The number of fused-ring (bicyclic) bond motifs is 1. The standard InChI is InChI=1S/C22H23ClN2O4S2/c1-29-16-9-12-18-19(13-16)30-21(20(18)23)22(26)24-14-7-10-17(11-8-14)31(27,28)25-15-5-3-2-4-6-15/h7-13,15,25H,2-6H2,1H3,(H,24,26). The third-order valence-electron chi connectivity index (χ3n) is 5.39. The van der Waals surface area contributed by atoms with Crippen molar-refractivity contribution < 1.29 is 17.9 Å². The summed E-state index contributed by atoms with van der Waals surface area (Å²) in [5.41, 5.74) is 0.493. The molecular weight excluding hydrogens is 456 g/mol. The van der Waals surface area contributed by atoms with Gasteiger partial charge in [-0.1, -0.05) is 30.9 Å². The van der Waals surface area contributed by atoms with Crippen LogP contribution in [0.4, 0.5) is 5.69 Å². The van der Waals surface area contributed by atoms with Crippen LogP contribution in [0.3, 0.4) is 0 Å². The smallest absolute Gasteiger partial charge is 0.267 e. The number of hydrogen-bond donors (Lipinski definition) is 2. The quantitative estimate of drug-likeness (QED) is 0.495. The van der Waals surface area contributed by atoms with Crippen molar-refractivity contribution in [3.63, 3.8) is 0 Å². The van der Waals surface area contributed by atoms with E-state index in [1.54, 1.807) is 25.3 Å². The Hall–Kier alpha value is -2.13.